The minimum atomic E-state index is -1.36. The molecule has 0 unspecified atom stereocenters. The van der Waals surface area contributed by atoms with Crippen molar-refractivity contribution in [1.82, 2.24) is 0 Å². The van der Waals surface area contributed by atoms with Crippen LogP contribution in [0.2, 0.25) is 10.0 Å². The van der Waals surface area contributed by atoms with Crippen molar-refractivity contribution in [3.63, 3.8) is 0 Å². The van der Waals surface area contributed by atoms with Crippen LogP contribution in [0.3, 0.4) is 0 Å². The molecule has 0 saturated heterocycles. The van der Waals surface area contributed by atoms with Gasteiger partial charge in [0.25, 0.3) is 11.8 Å². The van der Waals surface area contributed by atoms with Crippen LogP contribution in [-0.2, 0) is 19.2 Å². The topological polar surface area (TPSA) is 142 Å². The van der Waals surface area contributed by atoms with Gasteiger partial charge in [-0.05, 0) is 93.3 Å². The summed E-state index contributed by atoms with van der Waals surface area (Å²) in [6.45, 7) is 8.17. The molecule has 0 bridgehead atoms. The van der Waals surface area contributed by atoms with Crippen LogP contribution in [0.15, 0.2) is 99.3 Å². The number of carbonyl (C=O) groups is 4. The van der Waals surface area contributed by atoms with Gasteiger partial charge in [-0.1, -0.05) is 71.2 Å². The lowest BCUT2D eigenvalue weighted by atomic mass is 10.0. The van der Waals surface area contributed by atoms with Crippen LogP contribution in [0.25, 0.3) is 11.1 Å². The minimum Gasteiger partial charge on any atom is -0.324 e. The Morgan fingerprint density at radius 2 is 1.06 bits per heavy atom. The number of Topliss-reactive ketones (excluding diaryl/α,β-unsaturated/α-hetero) is 2. The van der Waals surface area contributed by atoms with Gasteiger partial charge in [-0.3, -0.25) is 19.2 Å². The van der Waals surface area contributed by atoms with Crippen LogP contribution in [0.5, 0.6) is 0 Å². The summed E-state index contributed by atoms with van der Waals surface area (Å²) < 4.78 is 0. The van der Waals surface area contributed by atoms with E-state index in [4.69, 9.17) is 23.2 Å². The highest BCUT2D eigenvalue weighted by atomic mass is 35.5. The number of halogens is 2. The van der Waals surface area contributed by atoms with Crippen molar-refractivity contribution >= 4 is 69.3 Å². The standard InChI is InChI=1S/C35H32Cl2N6O4/c1-19-10-13-29(21(3)16-19)39-35(47)33(23(5)45)43-41-31-15-12-25(18-27(31)37)24-11-14-30(26(36)17-24)40-42-32(22(4)44)34(46)38-28-9-7-6-8-20(28)2/h6-18,32-33H,1-5H3,(H,38,46)(H,39,47)/t32-,33-/m0/s1. The molecule has 4 aromatic rings. The second kappa shape index (κ2) is 15.5. The Hall–Kier alpha value is -5.06. The lowest BCUT2D eigenvalue weighted by Gasteiger charge is -2.12. The number of ketones is 2. The maximum atomic E-state index is 12.9. The first-order valence-electron chi connectivity index (χ1n) is 14.5. The monoisotopic (exact) mass is 670 g/mol. The lowest BCUT2D eigenvalue weighted by Crippen LogP contribution is -2.32. The summed E-state index contributed by atoms with van der Waals surface area (Å²) in [6.07, 6.45) is 0. The van der Waals surface area contributed by atoms with E-state index < -0.39 is 35.5 Å². The van der Waals surface area contributed by atoms with Crippen molar-refractivity contribution in [3.05, 3.63) is 106 Å². The van der Waals surface area contributed by atoms with Crippen molar-refractivity contribution in [3.8, 4) is 11.1 Å². The van der Waals surface area contributed by atoms with E-state index in [1.807, 2.05) is 45.0 Å². The van der Waals surface area contributed by atoms with Crippen LogP contribution in [0, 0.1) is 20.8 Å². The molecule has 12 heteroatoms. The van der Waals surface area contributed by atoms with Gasteiger partial charge in [-0.15, -0.1) is 0 Å². The molecule has 0 aliphatic carbocycles. The van der Waals surface area contributed by atoms with Gasteiger partial charge < -0.3 is 10.6 Å². The third kappa shape index (κ3) is 9.02. The average Bonchev–Trinajstić information content (AvgIpc) is 3.01. The van der Waals surface area contributed by atoms with E-state index in [9.17, 15) is 19.2 Å². The number of hydrogen-bond donors (Lipinski definition) is 2. The molecule has 240 valence electrons. The van der Waals surface area contributed by atoms with Gasteiger partial charge in [0, 0.05) is 11.4 Å². The lowest BCUT2D eigenvalue weighted by molar-refractivity contribution is -0.127. The highest BCUT2D eigenvalue weighted by molar-refractivity contribution is 6.34. The van der Waals surface area contributed by atoms with E-state index in [1.165, 1.54) is 13.8 Å². The smallest absolute Gasteiger partial charge is 0.258 e. The van der Waals surface area contributed by atoms with Gasteiger partial charge in [-0.2, -0.15) is 20.5 Å². The number of rotatable bonds is 11. The molecule has 2 atom stereocenters. The van der Waals surface area contributed by atoms with E-state index in [2.05, 4.69) is 31.1 Å². The Morgan fingerprint density at radius 1 is 0.596 bits per heavy atom. The summed E-state index contributed by atoms with van der Waals surface area (Å²) in [7, 11) is 0. The Bertz CT molecular complexity index is 1920. The largest absolute Gasteiger partial charge is 0.324 e. The summed E-state index contributed by atoms with van der Waals surface area (Å²) in [5.41, 5.74) is 5.79. The summed E-state index contributed by atoms with van der Waals surface area (Å²) in [5.74, 6) is -2.16. The molecule has 0 aliphatic heterocycles. The number of nitrogens with one attached hydrogen (secondary N) is 2. The minimum absolute atomic E-state index is 0.229. The number of aryl methyl sites for hydroxylation is 3. The number of azo groups is 2. The Morgan fingerprint density at radius 3 is 1.49 bits per heavy atom. The average molecular weight is 672 g/mol. The van der Waals surface area contributed by atoms with Crippen LogP contribution in [-0.4, -0.2) is 35.5 Å². The van der Waals surface area contributed by atoms with E-state index >= 15 is 0 Å². The molecule has 2 N–H and O–H groups in total. The number of benzene rings is 4. The quantitative estimate of drug-likeness (QED) is 0.121. The molecule has 0 spiro atoms. The third-order valence-corrected chi connectivity index (χ3v) is 7.71. The molecular formula is C35H32Cl2N6O4. The first-order chi connectivity index (χ1) is 22.3. The summed E-state index contributed by atoms with van der Waals surface area (Å²) in [5, 5.41) is 22.1. The normalized spacial score (nSPS) is 12.6. The van der Waals surface area contributed by atoms with Gasteiger partial charge in [0.05, 0.1) is 10.0 Å². The predicted octanol–water partition coefficient (Wildman–Crippen LogP) is 8.95. The highest BCUT2D eigenvalue weighted by Crippen LogP contribution is 2.35. The highest BCUT2D eigenvalue weighted by Gasteiger charge is 2.25. The number of carbonyl (C=O) groups excluding carboxylic acids is 4. The molecule has 4 aromatic carbocycles. The Balaban J connectivity index is 1.47. The molecule has 4 rings (SSSR count). The maximum absolute atomic E-state index is 12.9. The predicted molar refractivity (Wildman–Crippen MR) is 184 cm³/mol. The molecule has 2 amide bonds. The Labute approximate surface area is 282 Å². The number of nitrogens with zero attached hydrogens (tertiary/aromatic N) is 4. The molecule has 0 aromatic heterocycles. The SMILES string of the molecule is CC(=O)[C@H](N=Nc1ccc(-c2ccc(N=N[C@@H](C(C)=O)C(=O)Nc3ccc(C)cc3C)c(Cl)c2)cc1Cl)C(=O)Nc1ccccc1C. The number of hydrogen-bond acceptors (Lipinski definition) is 8. The zero-order chi connectivity index (χ0) is 34.2. The molecule has 0 saturated carbocycles. The maximum Gasteiger partial charge on any atom is 0.258 e. The number of anilines is 2. The molecule has 0 aliphatic rings. The fourth-order valence-corrected chi connectivity index (χ4v) is 4.92. The van der Waals surface area contributed by atoms with Crippen molar-refractivity contribution in [2.75, 3.05) is 10.6 Å². The van der Waals surface area contributed by atoms with Crippen LogP contribution >= 0.6 is 23.2 Å². The zero-order valence-corrected chi connectivity index (χ0v) is 27.8. The fraction of sp³-hybridized carbons (Fsp3) is 0.200. The van der Waals surface area contributed by atoms with Gasteiger partial charge >= 0.3 is 0 Å². The molecule has 0 fully saturated rings. The van der Waals surface area contributed by atoms with Crippen molar-refractivity contribution in [2.45, 2.75) is 46.7 Å². The zero-order valence-electron chi connectivity index (χ0n) is 26.3. The molecule has 47 heavy (non-hydrogen) atoms. The fourth-order valence-electron chi connectivity index (χ4n) is 4.48. The van der Waals surface area contributed by atoms with E-state index in [-0.39, 0.29) is 21.4 Å². The van der Waals surface area contributed by atoms with Gasteiger partial charge in [-0.25, -0.2) is 0 Å². The second-order valence-corrected chi connectivity index (χ2v) is 11.7. The second-order valence-electron chi connectivity index (χ2n) is 10.9. The van der Waals surface area contributed by atoms with E-state index in [1.54, 1.807) is 54.6 Å². The molecular weight excluding hydrogens is 639 g/mol. The Kier molecular flexibility index (Phi) is 11.5. The summed E-state index contributed by atoms with van der Waals surface area (Å²) in [6, 6.07) is 20.0. The molecule has 10 nitrogen and oxygen atoms in total. The van der Waals surface area contributed by atoms with Crippen LogP contribution in [0.4, 0.5) is 22.7 Å². The van der Waals surface area contributed by atoms with Crippen molar-refractivity contribution in [1.29, 1.82) is 0 Å². The van der Waals surface area contributed by atoms with Crippen molar-refractivity contribution in [2.24, 2.45) is 20.5 Å². The van der Waals surface area contributed by atoms with E-state index in [0.717, 1.165) is 16.7 Å². The first-order valence-corrected chi connectivity index (χ1v) is 15.3. The van der Waals surface area contributed by atoms with Crippen molar-refractivity contribution < 1.29 is 19.2 Å². The van der Waals surface area contributed by atoms with E-state index in [0.29, 0.717) is 22.5 Å². The number of amides is 2. The van der Waals surface area contributed by atoms with Gasteiger partial charge in [0.2, 0.25) is 12.1 Å². The summed E-state index contributed by atoms with van der Waals surface area (Å²) in [4.78, 5) is 50.1. The first kappa shape index (κ1) is 34.8. The van der Waals surface area contributed by atoms with Gasteiger partial charge in [0.1, 0.15) is 11.4 Å². The molecule has 0 radical (unpaired) electrons. The molecule has 0 heterocycles. The van der Waals surface area contributed by atoms with Gasteiger partial charge in [0.15, 0.2) is 11.6 Å². The van der Waals surface area contributed by atoms with Crippen LogP contribution < -0.4 is 10.6 Å². The van der Waals surface area contributed by atoms with Crippen LogP contribution in [0.1, 0.15) is 30.5 Å². The summed E-state index contributed by atoms with van der Waals surface area (Å²) >= 11 is 13.0. The third-order valence-electron chi connectivity index (χ3n) is 7.10. The number of para-hydroxylation sites is 1.